The van der Waals surface area contributed by atoms with Crippen molar-refractivity contribution in [3.63, 3.8) is 0 Å². The first-order chi connectivity index (χ1) is 12.9. The van der Waals surface area contributed by atoms with Gasteiger partial charge in [-0.15, -0.1) is 0 Å². The number of carbonyl (C=O) groups is 4. The van der Waals surface area contributed by atoms with E-state index in [-0.39, 0.29) is 22.5 Å². The predicted octanol–water partition coefficient (Wildman–Crippen LogP) is 0.290. The summed E-state index contributed by atoms with van der Waals surface area (Å²) in [6, 6.07) is 0. The fourth-order valence-corrected chi connectivity index (χ4v) is 3.98. The highest BCUT2D eigenvalue weighted by Crippen LogP contribution is 2.52. The zero-order chi connectivity index (χ0) is 21.6. The summed E-state index contributed by atoms with van der Waals surface area (Å²) in [6.45, 7) is 6.66. The quantitative estimate of drug-likeness (QED) is 0.485. The van der Waals surface area contributed by atoms with Crippen molar-refractivity contribution in [2.45, 2.75) is 38.8 Å². The van der Waals surface area contributed by atoms with E-state index in [1.807, 2.05) is 0 Å². The standard InChI is InChI=1S/C18H24N2O8/c1-17(2)9(13(21)25-5)11(15(23)27-7)19-12(16(24)28-8)10(14(22)26-6)18(3,4)20(17)19/h1-8H3. The molecule has 0 aliphatic carbocycles. The second-order valence-corrected chi connectivity index (χ2v) is 7.16. The number of esters is 4. The average molecular weight is 396 g/mol. The molecule has 0 N–H and O–H groups in total. The summed E-state index contributed by atoms with van der Waals surface area (Å²) in [5.74, 6) is -3.28. The lowest BCUT2D eigenvalue weighted by molar-refractivity contribution is -0.144. The van der Waals surface area contributed by atoms with Crippen molar-refractivity contribution in [3.8, 4) is 0 Å². The summed E-state index contributed by atoms with van der Waals surface area (Å²) >= 11 is 0. The first-order valence-corrected chi connectivity index (χ1v) is 8.36. The Morgan fingerprint density at radius 3 is 1.14 bits per heavy atom. The molecule has 0 spiro atoms. The van der Waals surface area contributed by atoms with Gasteiger partial charge >= 0.3 is 23.9 Å². The summed E-state index contributed by atoms with van der Waals surface area (Å²) < 4.78 is 19.4. The van der Waals surface area contributed by atoms with Crippen molar-refractivity contribution in [2.75, 3.05) is 28.4 Å². The molecule has 0 amide bonds. The number of carbonyl (C=O) groups excluding carboxylic acids is 4. The number of methoxy groups -OCH3 is 4. The van der Waals surface area contributed by atoms with Gasteiger partial charge in [0.15, 0.2) is 11.4 Å². The molecule has 10 heteroatoms. The Labute approximate surface area is 162 Å². The Morgan fingerprint density at radius 1 is 0.607 bits per heavy atom. The molecule has 2 aliphatic rings. The van der Waals surface area contributed by atoms with Gasteiger partial charge in [0.25, 0.3) is 0 Å². The largest absolute Gasteiger partial charge is 0.466 e. The lowest BCUT2D eigenvalue weighted by atomic mass is 9.85. The van der Waals surface area contributed by atoms with Gasteiger partial charge in [-0.2, -0.15) is 5.01 Å². The summed E-state index contributed by atoms with van der Waals surface area (Å²) in [6.07, 6.45) is 0. The zero-order valence-electron chi connectivity index (χ0n) is 17.2. The van der Waals surface area contributed by atoms with Gasteiger partial charge in [0.05, 0.1) is 50.7 Å². The monoisotopic (exact) mass is 396 g/mol. The lowest BCUT2D eigenvalue weighted by Crippen LogP contribution is -2.56. The highest BCUT2D eigenvalue weighted by Gasteiger charge is 2.64. The highest BCUT2D eigenvalue weighted by molar-refractivity contribution is 6.08. The van der Waals surface area contributed by atoms with Crippen molar-refractivity contribution >= 4 is 23.9 Å². The summed E-state index contributed by atoms with van der Waals surface area (Å²) in [7, 11) is 4.65. The van der Waals surface area contributed by atoms with Gasteiger partial charge in [-0.1, -0.05) is 0 Å². The van der Waals surface area contributed by atoms with Gasteiger partial charge < -0.3 is 18.9 Å². The first-order valence-electron chi connectivity index (χ1n) is 8.36. The fraction of sp³-hybridized carbons (Fsp3) is 0.556. The Kier molecular flexibility index (Phi) is 5.30. The molecule has 10 nitrogen and oxygen atoms in total. The van der Waals surface area contributed by atoms with Crippen LogP contribution >= 0.6 is 0 Å². The molecule has 28 heavy (non-hydrogen) atoms. The van der Waals surface area contributed by atoms with Gasteiger partial charge in [-0.25, -0.2) is 19.2 Å². The maximum atomic E-state index is 12.6. The van der Waals surface area contributed by atoms with Crippen molar-refractivity contribution in [2.24, 2.45) is 0 Å². The Bertz CT molecular complexity index is 755. The average Bonchev–Trinajstić information content (AvgIpc) is 3.05. The molecular formula is C18H24N2O8. The van der Waals surface area contributed by atoms with Crippen LogP contribution in [0.3, 0.4) is 0 Å². The van der Waals surface area contributed by atoms with E-state index in [0.29, 0.717) is 0 Å². The first kappa shape index (κ1) is 21.4. The van der Waals surface area contributed by atoms with E-state index in [1.165, 1.54) is 19.2 Å². The highest BCUT2D eigenvalue weighted by atomic mass is 16.5. The third kappa shape index (κ3) is 2.67. The Hall–Kier alpha value is -2.88. The van der Waals surface area contributed by atoms with Gasteiger partial charge in [0.1, 0.15) is 0 Å². The number of rotatable bonds is 4. The third-order valence-electron chi connectivity index (χ3n) is 4.92. The van der Waals surface area contributed by atoms with E-state index in [9.17, 15) is 19.2 Å². The molecule has 0 saturated heterocycles. The fourth-order valence-electron chi connectivity index (χ4n) is 3.98. The summed E-state index contributed by atoms with van der Waals surface area (Å²) in [4.78, 5) is 50.4. The number of hydrazine groups is 1. The Morgan fingerprint density at radius 2 is 0.893 bits per heavy atom. The molecular weight excluding hydrogens is 372 g/mol. The normalized spacial score (nSPS) is 20.1. The molecule has 0 aromatic carbocycles. The molecule has 0 aromatic rings. The van der Waals surface area contributed by atoms with Crippen molar-refractivity contribution in [1.82, 2.24) is 10.0 Å². The molecule has 2 rings (SSSR count). The third-order valence-corrected chi connectivity index (χ3v) is 4.92. The molecule has 2 aliphatic heterocycles. The van der Waals surface area contributed by atoms with Gasteiger partial charge in [0.2, 0.25) is 0 Å². The van der Waals surface area contributed by atoms with Crippen LogP contribution in [0.4, 0.5) is 0 Å². The van der Waals surface area contributed by atoms with Crippen LogP contribution < -0.4 is 0 Å². The van der Waals surface area contributed by atoms with E-state index in [0.717, 1.165) is 14.2 Å². The SMILES string of the molecule is COC(=O)C1=C(C(=O)OC)C(C)(C)N2N1C(C(=O)OC)=C(C(=O)OC)C2(C)C. The second kappa shape index (κ2) is 6.93. The minimum absolute atomic E-state index is 0.0137. The van der Waals surface area contributed by atoms with E-state index in [2.05, 4.69) is 0 Å². The topological polar surface area (TPSA) is 112 Å². The molecule has 0 unspecified atom stereocenters. The van der Waals surface area contributed by atoms with Crippen molar-refractivity contribution < 1.29 is 38.1 Å². The molecule has 154 valence electrons. The maximum absolute atomic E-state index is 12.6. The molecule has 0 saturated carbocycles. The van der Waals surface area contributed by atoms with Crippen LogP contribution in [0.5, 0.6) is 0 Å². The van der Waals surface area contributed by atoms with Gasteiger partial charge in [-0.05, 0) is 27.7 Å². The number of hydrogen-bond donors (Lipinski definition) is 0. The molecule has 0 radical (unpaired) electrons. The molecule has 0 aromatic heterocycles. The second-order valence-electron chi connectivity index (χ2n) is 7.16. The zero-order valence-corrected chi connectivity index (χ0v) is 17.2. The van der Waals surface area contributed by atoms with Crippen molar-refractivity contribution in [3.05, 3.63) is 22.5 Å². The molecule has 2 heterocycles. The number of fused-ring (bicyclic) bond motifs is 1. The Balaban J connectivity index is 2.96. The molecule has 0 atom stereocenters. The smallest absolute Gasteiger partial charge is 0.356 e. The van der Waals surface area contributed by atoms with Gasteiger partial charge in [0, 0.05) is 0 Å². The maximum Gasteiger partial charge on any atom is 0.356 e. The molecule has 0 fully saturated rings. The van der Waals surface area contributed by atoms with Crippen LogP contribution in [0.1, 0.15) is 27.7 Å². The van der Waals surface area contributed by atoms with Crippen LogP contribution in [0, 0.1) is 0 Å². The predicted molar refractivity (Wildman–Crippen MR) is 94.0 cm³/mol. The number of hydrogen-bond acceptors (Lipinski definition) is 10. The van der Waals surface area contributed by atoms with Crippen LogP contribution in [0.2, 0.25) is 0 Å². The van der Waals surface area contributed by atoms with E-state index in [4.69, 9.17) is 18.9 Å². The van der Waals surface area contributed by atoms with E-state index >= 15 is 0 Å². The summed E-state index contributed by atoms with van der Waals surface area (Å²) in [5.41, 5.74) is -2.77. The van der Waals surface area contributed by atoms with Gasteiger partial charge in [-0.3, -0.25) is 5.01 Å². The van der Waals surface area contributed by atoms with Crippen LogP contribution in [-0.4, -0.2) is 73.4 Å². The van der Waals surface area contributed by atoms with Crippen LogP contribution in [0.15, 0.2) is 22.5 Å². The van der Waals surface area contributed by atoms with Crippen LogP contribution in [-0.2, 0) is 38.1 Å². The minimum Gasteiger partial charge on any atom is -0.466 e. The number of ether oxygens (including phenoxy) is 4. The molecule has 0 bridgehead atoms. The van der Waals surface area contributed by atoms with Crippen molar-refractivity contribution in [1.29, 1.82) is 0 Å². The van der Waals surface area contributed by atoms with Crippen LogP contribution in [0.25, 0.3) is 0 Å². The lowest BCUT2D eigenvalue weighted by Gasteiger charge is -2.43. The number of nitrogens with zero attached hydrogens (tertiary/aromatic N) is 2. The van der Waals surface area contributed by atoms with E-state index < -0.39 is 35.0 Å². The minimum atomic E-state index is -1.14. The van der Waals surface area contributed by atoms with E-state index in [1.54, 1.807) is 32.7 Å². The summed E-state index contributed by atoms with van der Waals surface area (Å²) in [5, 5.41) is 2.76.